The van der Waals surface area contributed by atoms with Crippen molar-refractivity contribution >= 4 is 29.1 Å². The number of nitrogens with zero attached hydrogens (tertiary/aromatic N) is 3. The molecule has 4 aromatic rings. The lowest BCUT2D eigenvalue weighted by Crippen LogP contribution is -2.40. The van der Waals surface area contributed by atoms with E-state index in [1.54, 1.807) is 55.3 Å². The van der Waals surface area contributed by atoms with Crippen LogP contribution in [0.3, 0.4) is 0 Å². The van der Waals surface area contributed by atoms with Gasteiger partial charge in [0.2, 0.25) is 0 Å². The molecule has 2 aromatic carbocycles. The summed E-state index contributed by atoms with van der Waals surface area (Å²) in [5.74, 6) is 0.496. The Morgan fingerprint density at radius 1 is 1.05 bits per heavy atom. The van der Waals surface area contributed by atoms with Gasteiger partial charge in [0, 0.05) is 29.6 Å². The van der Waals surface area contributed by atoms with Gasteiger partial charge in [-0.3, -0.25) is 14.3 Å². The molecule has 38 heavy (non-hydrogen) atoms. The summed E-state index contributed by atoms with van der Waals surface area (Å²) in [6, 6.07) is 17.5. The van der Waals surface area contributed by atoms with Gasteiger partial charge in [-0.15, -0.1) is 0 Å². The number of fused-ring (bicyclic) bond motifs is 1. The summed E-state index contributed by atoms with van der Waals surface area (Å²) in [5.41, 5.74) is 2.60. The van der Waals surface area contributed by atoms with Crippen molar-refractivity contribution in [2.75, 3.05) is 20.8 Å². The standard InChI is InChI=1S/C29H25N3O5S/c1-4-37-28(34)24-25(19-8-6-5-7-9-19)31-29-32(26(24)21-11-10-20(35-2)17-22(21)36-3)27(33)23(38-29)16-18-12-14-30-15-13-18/h5-17,26H,4H2,1-3H3/b23-16+. The first-order valence-electron chi connectivity index (χ1n) is 12.0. The first-order chi connectivity index (χ1) is 18.5. The molecule has 0 saturated heterocycles. The fourth-order valence-corrected chi connectivity index (χ4v) is 5.39. The lowest BCUT2D eigenvalue weighted by molar-refractivity contribution is -0.138. The Morgan fingerprint density at radius 3 is 2.50 bits per heavy atom. The van der Waals surface area contributed by atoms with Crippen molar-refractivity contribution in [3.63, 3.8) is 0 Å². The van der Waals surface area contributed by atoms with Crippen LogP contribution in [-0.2, 0) is 9.53 Å². The molecular weight excluding hydrogens is 502 g/mol. The van der Waals surface area contributed by atoms with Crippen LogP contribution in [0.4, 0.5) is 0 Å². The Kier molecular flexibility index (Phi) is 7.19. The number of rotatable bonds is 7. The molecule has 0 radical (unpaired) electrons. The topological polar surface area (TPSA) is 92.0 Å². The molecule has 3 heterocycles. The molecule has 0 fully saturated rings. The van der Waals surface area contributed by atoms with Gasteiger partial charge in [0.1, 0.15) is 17.5 Å². The van der Waals surface area contributed by atoms with Crippen molar-refractivity contribution in [2.45, 2.75) is 13.0 Å². The fourth-order valence-electron chi connectivity index (χ4n) is 4.39. The summed E-state index contributed by atoms with van der Waals surface area (Å²) in [7, 11) is 3.10. The van der Waals surface area contributed by atoms with E-state index < -0.39 is 12.0 Å². The molecule has 0 spiro atoms. The molecule has 0 aliphatic carbocycles. The van der Waals surface area contributed by atoms with E-state index >= 15 is 0 Å². The molecule has 1 aliphatic heterocycles. The predicted octanol–water partition coefficient (Wildman–Crippen LogP) is 3.35. The molecule has 1 unspecified atom stereocenters. The second kappa shape index (κ2) is 10.9. The smallest absolute Gasteiger partial charge is 0.338 e. The first kappa shape index (κ1) is 25.2. The zero-order valence-corrected chi connectivity index (χ0v) is 21.9. The number of aromatic nitrogens is 2. The van der Waals surface area contributed by atoms with Crippen LogP contribution in [0.1, 0.15) is 29.7 Å². The lowest BCUT2D eigenvalue weighted by atomic mass is 9.92. The van der Waals surface area contributed by atoms with E-state index in [1.807, 2.05) is 42.5 Å². The monoisotopic (exact) mass is 527 g/mol. The van der Waals surface area contributed by atoms with Crippen LogP contribution in [0.5, 0.6) is 11.5 Å². The summed E-state index contributed by atoms with van der Waals surface area (Å²) in [6.07, 6.45) is 5.13. The van der Waals surface area contributed by atoms with E-state index in [1.165, 1.54) is 18.4 Å². The molecular formula is C29H25N3O5S. The number of carbonyl (C=O) groups excluding carboxylic acids is 1. The van der Waals surface area contributed by atoms with Crippen LogP contribution in [0, 0.1) is 0 Å². The summed E-state index contributed by atoms with van der Waals surface area (Å²) < 4.78 is 18.6. The minimum Gasteiger partial charge on any atom is -0.497 e. The number of thiazole rings is 1. The van der Waals surface area contributed by atoms with Crippen LogP contribution in [-0.4, -0.2) is 36.3 Å². The molecule has 8 nitrogen and oxygen atoms in total. The summed E-state index contributed by atoms with van der Waals surface area (Å²) in [5, 5.41) is 0. The highest BCUT2D eigenvalue weighted by Gasteiger charge is 2.36. The first-order valence-corrected chi connectivity index (χ1v) is 12.8. The maximum Gasteiger partial charge on any atom is 0.338 e. The summed E-state index contributed by atoms with van der Waals surface area (Å²) >= 11 is 1.26. The second-order valence-corrected chi connectivity index (χ2v) is 9.33. The van der Waals surface area contributed by atoms with Gasteiger partial charge in [-0.1, -0.05) is 41.7 Å². The SMILES string of the molecule is CCOC(=O)C1=C(c2ccccc2)N=c2s/c(=C/c3ccncc3)c(=O)n2C1c1ccc(OC)cc1OC. The van der Waals surface area contributed by atoms with E-state index in [0.29, 0.717) is 32.1 Å². The number of pyridine rings is 1. The third-order valence-electron chi connectivity index (χ3n) is 6.11. The molecule has 9 heteroatoms. The van der Waals surface area contributed by atoms with Gasteiger partial charge in [0.05, 0.1) is 36.6 Å². The van der Waals surface area contributed by atoms with E-state index in [4.69, 9.17) is 19.2 Å². The second-order valence-electron chi connectivity index (χ2n) is 8.32. The van der Waals surface area contributed by atoms with Crippen molar-refractivity contribution in [3.05, 3.63) is 115 Å². The average molecular weight is 528 g/mol. The molecule has 1 atom stereocenters. The normalized spacial score (nSPS) is 15.0. The number of ether oxygens (including phenoxy) is 3. The van der Waals surface area contributed by atoms with Crippen LogP contribution >= 0.6 is 11.3 Å². The molecule has 2 aromatic heterocycles. The number of methoxy groups -OCH3 is 2. The highest BCUT2D eigenvalue weighted by molar-refractivity contribution is 7.07. The van der Waals surface area contributed by atoms with Crippen molar-refractivity contribution in [2.24, 2.45) is 4.99 Å². The number of carbonyl (C=O) groups is 1. The van der Waals surface area contributed by atoms with Gasteiger partial charge >= 0.3 is 5.97 Å². The Morgan fingerprint density at radius 2 is 1.82 bits per heavy atom. The summed E-state index contributed by atoms with van der Waals surface area (Å²) in [4.78, 5) is 36.9. The Balaban J connectivity index is 1.87. The fraction of sp³-hybridized carbons (Fsp3) is 0.172. The minimum absolute atomic E-state index is 0.170. The van der Waals surface area contributed by atoms with E-state index in [0.717, 1.165) is 11.1 Å². The predicted molar refractivity (Wildman–Crippen MR) is 145 cm³/mol. The number of hydrogen-bond donors (Lipinski definition) is 0. The average Bonchev–Trinajstić information content (AvgIpc) is 3.27. The van der Waals surface area contributed by atoms with Gasteiger partial charge in [0.15, 0.2) is 4.80 Å². The van der Waals surface area contributed by atoms with Crippen LogP contribution < -0.4 is 24.4 Å². The van der Waals surface area contributed by atoms with Gasteiger partial charge in [-0.25, -0.2) is 9.79 Å². The van der Waals surface area contributed by atoms with Crippen molar-refractivity contribution in [1.82, 2.24) is 9.55 Å². The highest BCUT2D eigenvalue weighted by Crippen LogP contribution is 2.40. The van der Waals surface area contributed by atoms with Crippen LogP contribution in [0.25, 0.3) is 11.8 Å². The maximum absolute atomic E-state index is 13.9. The Bertz CT molecular complexity index is 1690. The Labute approximate surface area is 222 Å². The lowest BCUT2D eigenvalue weighted by Gasteiger charge is -2.27. The molecule has 0 bridgehead atoms. The van der Waals surface area contributed by atoms with E-state index in [9.17, 15) is 9.59 Å². The van der Waals surface area contributed by atoms with Crippen molar-refractivity contribution in [1.29, 1.82) is 0 Å². The van der Waals surface area contributed by atoms with Gasteiger partial charge < -0.3 is 14.2 Å². The number of benzene rings is 2. The highest BCUT2D eigenvalue weighted by atomic mass is 32.1. The largest absolute Gasteiger partial charge is 0.497 e. The molecule has 0 N–H and O–H groups in total. The Hall–Kier alpha value is -4.50. The zero-order chi connectivity index (χ0) is 26.6. The molecule has 0 amide bonds. The number of hydrogen-bond acceptors (Lipinski definition) is 8. The van der Waals surface area contributed by atoms with Gasteiger partial charge in [-0.2, -0.15) is 0 Å². The quantitative estimate of drug-likeness (QED) is 0.343. The van der Waals surface area contributed by atoms with Crippen LogP contribution in [0.15, 0.2) is 88.4 Å². The third kappa shape index (κ3) is 4.64. The minimum atomic E-state index is -0.846. The van der Waals surface area contributed by atoms with Crippen molar-refractivity contribution < 1.29 is 19.0 Å². The van der Waals surface area contributed by atoms with Gasteiger partial charge in [-0.05, 0) is 42.8 Å². The molecule has 5 rings (SSSR count). The number of esters is 1. The van der Waals surface area contributed by atoms with Gasteiger partial charge in [0.25, 0.3) is 5.56 Å². The molecule has 1 aliphatic rings. The van der Waals surface area contributed by atoms with Crippen molar-refractivity contribution in [3.8, 4) is 11.5 Å². The third-order valence-corrected chi connectivity index (χ3v) is 7.10. The van der Waals surface area contributed by atoms with E-state index in [2.05, 4.69) is 4.98 Å². The molecule has 0 saturated carbocycles. The van der Waals surface area contributed by atoms with Crippen LogP contribution in [0.2, 0.25) is 0 Å². The maximum atomic E-state index is 13.9. The zero-order valence-electron chi connectivity index (χ0n) is 21.1. The molecule has 192 valence electrons. The van der Waals surface area contributed by atoms with E-state index in [-0.39, 0.29) is 17.7 Å². The summed E-state index contributed by atoms with van der Waals surface area (Å²) in [6.45, 7) is 1.91.